The van der Waals surface area contributed by atoms with Gasteiger partial charge in [-0.05, 0) is 37.9 Å². The molecule has 23 heavy (non-hydrogen) atoms. The SMILES string of the molecule is CCN1CCC2(CC1)C(C#N)=C(N)OC1=C2C(=O)CC(C)(C)C1. The van der Waals surface area contributed by atoms with E-state index in [-0.39, 0.29) is 17.1 Å². The first kappa shape index (κ1) is 16.1. The number of carbonyl (C=O) groups is 1. The van der Waals surface area contributed by atoms with Gasteiger partial charge >= 0.3 is 0 Å². The molecule has 0 saturated carbocycles. The average molecular weight is 315 g/mol. The molecule has 0 aromatic rings. The molecule has 2 heterocycles. The van der Waals surface area contributed by atoms with Gasteiger partial charge in [0.05, 0.1) is 0 Å². The summed E-state index contributed by atoms with van der Waals surface area (Å²) >= 11 is 0. The molecule has 5 nitrogen and oxygen atoms in total. The molecule has 0 amide bonds. The third kappa shape index (κ3) is 2.46. The number of nitrogens with zero attached hydrogens (tertiary/aromatic N) is 2. The average Bonchev–Trinajstić information content (AvgIpc) is 2.46. The van der Waals surface area contributed by atoms with Crippen molar-refractivity contribution in [3.8, 4) is 6.07 Å². The Balaban J connectivity index is 2.09. The number of nitriles is 1. The first-order valence-corrected chi connectivity index (χ1v) is 8.40. The van der Waals surface area contributed by atoms with Crippen LogP contribution in [0.2, 0.25) is 0 Å². The zero-order valence-corrected chi connectivity index (χ0v) is 14.2. The highest BCUT2D eigenvalue weighted by molar-refractivity contribution is 5.99. The third-order valence-corrected chi connectivity index (χ3v) is 5.54. The fraction of sp³-hybridized carbons (Fsp3) is 0.667. The Morgan fingerprint density at radius 2 is 1.96 bits per heavy atom. The molecule has 0 aromatic carbocycles. The Morgan fingerprint density at radius 1 is 1.30 bits per heavy atom. The number of rotatable bonds is 1. The molecule has 1 aliphatic carbocycles. The number of fused-ring (bicyclic) bond motifs is 1. The predicted molar refractivity (Wildman–Crippen MR) is 86.7 cm³/mol. The summed E-state index contributed by atoms with van der Waals surface area (Å²) in [4.78, 5) is 15.3. The molecule has 0 radical (unpaired) electrons. The standard InChI is InChI=1S/C18H25N3O2/c1-4-21-7-5-18(6-8-21)12(11-19)16(20)23-14-10-17(2,3)9-13(22)15(14)18/h4-10,20H2,1-3H3. The van der Waals surface area contributed by atoms with E-state index in [1.807, 2.05) is 0 Å². The van der Waals surface area contributed by atoms with E-state index in [2.05, 4.69) is 31.7 Å². The summed E-state index contributed by atoms with van der Waals surface area (Å²) < 4.78 is 5.76. The lowest BCUT2D eigenvalue weighted by atomic mass is 9.61. The molecule has 0 atom stereocenters. The summed E-state index contributed by atoms with van der Waals surface area (Å²) in [5, 5.41) is 9.67. The van der Waals surface area contributed by atoms with Crippen LogP contribution in [0.15, 0.2) is 22.8 Å². The first-order valence-electron chi connectivity index (χ1n) is 8.40. The summed E-state index contributed by atoms with van der Waals surface area (Å²) in [5.41, 5.74) is 6.62. The maximum absolute atomic E-state index is 12.9. The molecule has 2 aliphatic heterocycles. The number of Topliss-reactive ketones (excluding diaryl/α,β-unsaturated/α-hetero) is 1. The summed E-state index contributed by atoms with van der Waals surface area (Å²) in [7, 11) is 0. The fourth-order valence-electron chi connectivity index (χ4n) is 4.34. The van der Waals surface area contributed by atoms with Gasteiger partial charge in [-0.15, -0.1) is 0 Å². The van der Waals surface area contributed by atoms with Gasteiger partial charge in [-0.1, -0.05) is 20.8 Å². The third-order valence-electron chi connectivity index (χ3n) is 5.54. The minimum Gasteiger partial charge on any atom is -0.444 e. The number of piperidine rings is 1. The lowest BCUT2D eigenvalue weighted by molar-refractivity contribution is -0.120. The van der Waals surface area contributed by atoms with E-state index in [9.17, 15) is 10.1 Å². The Labute approximate surface area is 137 Å². The van der Waals surface area contributed by atoms with Gasteiger partial charge < -0.3 is 15.4 Å². The van der Waals surface area contributed by atoms with Gasteiger partial charge in [0.15, 0.2) is 5.78 Å². The molecule has 2 N–H and O–H groups in total. The van der Waals surface area contributed by atoms with E-state index in [0.29, 0.717) is 24.2 Å². The second-order valence-electron chi connectivity index (χ2n) is 7.71. The quantitative estimate of drug-likeness (QED) is 0.804. The van der Waals surface area contributed by atoms with E-state index >= 15 is 0 Å². The number of carbonyl (C=O) groups excluding carboxylic acids is 1. The number of allylic oxidation sites excluding steroid dienone is 3. The van der Waals surface area contributed by atoms with Crippen LogP contribution in [0.4, 0.5) is 0 Å². The van der Waals surface area contributed by atoms with E-state index < -0.39 is 5.41 Å². The van der Waals surface area contributed by atoms with E-state index in [1.54, 1.807) is 0 Å². The molecule has 0 unspecified atom stereocenters. The molecule has 124 valence electrons. The van der Waals surface area contributed by atoms with E-state index in [1.165, 1.54) is 0 Å². The van der Waals surface area contributed by atoms with E-state index in [4.69, 9.17) is 10.5 Å². The zero-order valence-electron chi connectivity index (χ0n) is 14.2. The van der Waals surface area contributed by atoms with Gasteiger partial charge in [-0.2, -0.15) is 5.26 Å². The molecule has 1 fully saturated rings. The smallest absolute Gasteiger partial charge is 0.205 e. The van der Waals surface area contributed by atoms with Crippen LogP contribution in [0.1, 0.15) is 46.5 Å². The van der Waals surface area contributed by atoms with Crippen molar-refractivity contribution >= 4 is 5.78 Å². The van der Waals surface area contributed by atoms with Crippen molar-refractivity contribution in [1.82, 2.24) is 4.90 Å². The van der Waals surface area contributed by atoms with Gasteiger partial charge in [-0.25, -0.2) is 0 Å². The summed E-state index contributed by atoms with van der Waals surface area (Å²) in [5.74, 6) is 1.02. The van der Waals surface area contributed by atoms with Crippen molar-refractivity contribution in [2.24, 2.45) is 16.6 Å². The second kappa shape index (κ2) is 5.38. The van der Waals surface area contributed by atoms with Gasteiger partial charge in [0, 0.05) is 23.8 Å². The second-order valence-corrected chi connectivity index (χ2v) is 7.71. The molecule has 0 bridgehead atoms. The minimum atomic E-state index is -0.536. The Morgan fingerprint density at radius 3 is 2.52 bits per heavy atom. The van der Waals surface area contributed by atoms with Crippen LogP contribution in [0.3, 0.4) is 0 Å². The zero-order chi connectivity index (χ0) is 16.8. The van der Waals surface area contributed by atoms with Crippen LogP contribution in [0.25, 0.3) is 0 Å². The van der Waals surface area contributed by atoms with Crippen LogP contribution in [0.5, 0.6) is 0 Å². The Kier molecular flexibility index (Phi) is 3.76. The van der Waals surface area contributed by atoms with Crippen LogP contribution in [-0.4, -0.2) is 30.3 Å². The van der Waals surface area contributed by atoms with Gasteiger partial charge in [-0.3, -0.25) is 4.79 Å². The summed E-state index contributed by atoms with van der Waals surface area (Å²) in [6.07, 6.45) is 2.73. The lowest BCUT2D eigenvalue weighted by Crippen LogP contribution is -2.48. The maximum Gasteiger partial charge on any atom is 0.205 e. The Bertz CT molecular complexity index is 644. The van der Waals surface area contributed by atoms with Crippen molar-refractivity contribution < 1.29 is 9.53 Å². The number of hydrogen-bond donors (Lipinski definition) is 1. The van der Waals surface area contributed by atoms with Crippen molar-refractivity contribution in [1.29, 1.82) is 5.26 Å². The molecule has 3 aliphatic rings. The lowest BCUT2D eigenvalue weighted by Gasteiger charge is -2.47. The maximum atomic E-state index is 12.9. The minimum absolute atomic E-state index is 0.119. The molecule has 0 aromatic heterocycles. The Hall–Kier alpha value is -1.80. The molecular weight excluding hydrogens is 290 g/mol. The van der Waals surface area contributed by atoms with Crippen molar-refractivity contribution in [2.45, 2.75) is 46.5 Å². The van der Waals surface area contributed by atoms with E-state index in [0.717, 1.165) is 38.0 Å². The first-order chi connectivity index (χ1) is 10.8. The monoisotopic (exact) mass is 315 g/mol. The normalized spacial score (nSPS) is 26.8. The van der Waals surface area contributed by atoms with Crippen LogP contribution >= 0.6 is 0 Å². The largest absolute Gasteiger partial charge is 0.444 e. The van der Waals surface area contributed by atoms with Gasteiger partial charge in [0.25, 0.3) is 0 Å². The molecule has 1 spiro atoms. The van der Waals surface area contributed by atoms with Gasteiger partial charge in [0.1, 0.15) is 17.4 Å². The van der Waals surface area contributed by atoms with Crippen molar-refractivity contribution in [2.75, 3.05) is 19.6 Å². The van der Waals surface area contributed by atoms with Crippen molar-refractivity contribution in [3.63, 3.8) is 0 Å². The topological polar surface area (TPSA) is 79.3 Å². The predicted octanol–water partition coefficient (Wildman–Crippen LogP) is 2.46. The number of ketones is 1. The van der Waals surface area contributed by atoms with Gasteiger partial charge in [0.2, 0.25) is 5.88 Å². The highest BCUT2D eigenvalue weighted by Crippen LogP contribution is 2.54. The molecular formula is C18H25N3O2. The summed E-state index contributed by atoms with van der Waals surface area (Å²) in [6, 6.07) is 2.25. The fourth-order valence-corrected chi connectivity index (χ4v) is 4.34. The summed E-state index contributed by atoms with van der Waals surface area (Å²) in [6.45, 7) is 9.02. The highest BCUT2D eigenvalue weighted by Gasteiger charge is 2.52. The molecule has 3 rings (SSSR count). The number of hydrogen-bond acceptors (Lipinski definition) is 5. The van der Waals surface area contributed by atoms with Crippen LogP contribution in [-0.2, 0) is 9.53 Å². The molecule has 1 saturated heterocycles. The number of likely N-dealkylation sites (tertiary alicyclic amines) is 1. The van der Waals surface area contributed by atoms with Crippen LogP contribution in [0, 0.1) is 22.2 Å². The number of ether oxygens (including phenoxy) is 1. The van der Waals surface area contributed by atoms with Crippen LogP contribution < -0.4 is 5.73 Å². The van der Waals surface area contributed by atoms with Crippen molar-refractivity contribution in [3.05, 3.63) is 22.8 Å². The number of nitrogens with two attached hydrogens (primary N) is 1. The molecule has 5 heteroatoms. The highest BCUT2D eigenvalue weighted by atomic mass is 16.5.